The van der Waals surface area contributed by atoms with E-state index >= 15 is 0 Å². The summed E-state index contributed by atoms with van der Waals surface area (Å²) < 4.78 is 5.03. The summed E-state index contributed by atoms with van der Waals surface area (Å²) in [6, 6.07) is -0.964. The summed E-state index contributed by atoms with van der Waals surface area (Å²) in [5.41, 5.74) is 4.74. The normalized spacial score (nSPS) is 12.1. The second-order valence-corrected chi connectivity index (χ2v) is 4.23. The average molecular weight is 270 g/mol. The molecule has 1 unspecified atom stereocenters. The number of esters is 1. The summed E-state index contributed by atoms with van der Waals surface area (Å²) in [5, 5.41) is 1.81. The largest absolute Gasteiger partial charge is 0.462 e. The van der Waals surface area contributed by atoms with Crippen molar-refractivity contribution in [1.29, 1.82) is 0 Å². The van der Waals surface area contributed by atoms with Gasteiger partial charge in [-0.2, -0.15) is 0 Å². The smallest absolute Gasteiger partial charge is 0.330 e. The topological polar surface area (TPSA) is 98.5 Å². The molecule has 0 heterocycles. The summed E-state index contributed by atoms with van der Waals surface area (Å²) in [4.78, 5) is 32.7. The van der Waals surface area contributed by atoms with Gasteiger partial charge >= 0.3 is 12.0 Å². The van der Waals surface area contributed by atoms with E-state index in [9.17, 15) is 14.4 Å². The Balaban J connectivity index is 3.99. The van der Waals surface area contributed by atoms with Crippen molar-refractivity contribution in [2.45, 2.75) is 39.5 Å². The fraction of sp³-hybridized carbons (Fsp3) is 0.615. The Hall–Kier alpha value is -1.85. The van der Waals surface area contributed by atoms with E-state index in [1.54, 1.807) is 0 Å². The number of nitrogens with one attached hydrogen (secondary N) is 1. The maximum absolute atomic E-state index is 11.3. The molecule has 0 aromatic heterocycles. The standard InChI is InChI=1S/C13H22N2O4/c1-3-5-6-10(4-2)9-19-12(17)8-7-11(16)15-13(14)18/h7-8,10H,3-6,9H2,1-2H3,(H3,14,15,16,18)/b8-7-. The molecule has 0 saturated carbocycles. The third-order valence-electron chi connectivity index (χ3n) is 2.62. The highest BCUT2D eigenvalue weighted by molar-refractivity contribution is 6.02. The Labute approximate surface area is 113 Å². The minimum Gasteiger partial charge on any atom is -0.462 e. The van der Waals surface area contributed by atoms with E-state index in [1.807, 2.05) is 12.2 Å². The maximum Gasteiger partial charge on any atom is 0.330 e. The van der Waals surface area contributed by atoms with Gasteiger partial charge in [-0.25, -0.2) is 9.59 Å². The van der Waals surface area contributed by atoms with Crippen LogP contribution in [0.4, 0.5) is 4.79 Å². The number of amides is 3. The van der Waals surface area contributed by atoms with E-state index in [0.29, 0.717) is 12.5 Å². The lowest BCUT2D eigenvalue weighted by molar-refractivity contribution is -0.139. The Morgan fingerprint density at radius 2 is 1.95 bits per heavy atom. The van der Waals surface area contributed by atoms with Gasteiger partial charge in [0.15, 0.2) is 0 Å². The molecule has 0 aliphatic rings. The zero-order valence-electron chi connectivity index (χ0n) is 11.5. The van der Waals surface area contributed by atoms with E-state index in [2.05, 4.69) is 6.92 Å². The molecule has 0 spiro atoms. The van der Waals surface area contributed by atoms with Gasteiger partial charge in [0, 0.05) is 12.2 Å². The number of urea groups is 1. The highest BCUT2D eigenvalue weighted by Crippen LogP contribution is 2.12. The maximum atomic E-state index is 11.3. The number of rotatable bonds is 8. The van der Waals surface area contributed by atoms with E-state index in [-0.39, 0.29) is 0 Å². The molecule has 6 nitrogen and oxygen atoms in total. The number of nitrogens with two attached hydrogens (primary N) is 1. The van der Waals surface area contributed by atoms with Gasteiger partial charge in [0.2, 0.25) is 0 Å². The molecule has 0 aliphatic heterocycles. The van der Waals surface area contributed by atoms with Gasteiger partial charge in [-0.05, 0) is 12.3 Å². The van der Waals surface area contributed by atoms with Crippen molar-refractivity contribution in [3.05, 3.63) is 12.2 Å². The van der Waals surface area contributed by atoms with Crippen LogP contribution in [0.3, 0.4) is 0 Å². The molecule has 0 aromatic rings. The lowest BCUT2D eigenvalue weighted by Gasteiger charge is -2.13. The SMILES string of the molecule is CCCCC(CC)COC(=O)/C=C\C(=O)NC(N)=O. The molecular formula is C13H22N2O4. The van der Waals surface area contributed by atoms with Crippen LogP contribution in [-0.4, -0.2) is 24.5 Å². The first-order valence-corrected chi connectivity index (χ1v) is 6.44. The molecule has 0 aromatic carbocycles. The van der Waals surface area contributed by atoms with Gasteiger partial charge in [-0.3, -0.25) is 10.1 Å². The fourth-order valence-corrected chi connectivity index (χ4v) is 1.45. The number of hydrogen-bond acceptors (Lipinski definition) is 4. The molecule has 0 bridgehead atoms. The molecule has 0 fully saturated rings. The van der Waals surface area contributed by atoms with Crippen LogP contribution in [0.15, 0.2) is 12.2 Å². The van der Waals surface area contributed by atoms with Crippen molar-refractivity contribution < 1.29 is 19.1 Å². The predicted octanol–water partition coefficient (Wildman–Crippen LogP) is 1.50. The van der Waals surface area contributed by atoms with E-state index in [4.69, 9.17) is 10.5 Å². The highest BCUT2D eigenvalue weighted by atomic mass is 16.5. The van der Waals surface area contributed by atoms with Crippen LogP contribution in [0, 0.1) is 5.92 Å². The van der Waals surface area contributed by atoms with E-state index in [0.717, 1.165) is 37.8 Å². The van der Waals surface area contributed by atoms with Gasteiger partial charge in [-0.1, -0.05) is 33.1 Å². The Bertz CT molecular complexity index is 340. The van der Waals surface area contributed by atoms with Crippen molar-refractivity contribution in [2.24, 2.45) is 11.7 Å². The summed E-state index contributed by atoms with van der Waals surface area (Å²) in [6.07, 6.45) is 6.07. The van der Waals surface area contributed by atoms with Crippen LogP contribution in [0.25, 0.3) is 0 Å². The third-order valence-corrected chi connectivity index (χ3v) is 2.62. The predicted molar refractivity (Wildman–Crippen MR) is 71.1 cm³/mol. The Kier molecular flexibility index (Phi) is 9.12. The second kappa shape index (κ2) is 10.1. The first kappa shape index (κ1) is 17.2. The van der Waals surface area contributed by atoms with Crippen LogP contribution < -0.4 is 11.1 Å². The van der Waals surface area contributed by atoms with Crippen LogP contribution in [0.5, 0.6) is 0 Å². The fourth-order valence-electron chi connectivity index (χ4n) is 1.45. The Morgan fingerprint density at radius 3 is 2.47 bits per heavy atom. The highest BCUT2D eigenvalue weighted by Gasteiger charge is 2.08. The van der Waals surface area contributed by atoms with Crippen LogP contribution >= 0.6 is 0 Å². The summed E-state index contributed by atoms with van der Waals surface area (Å²) in [6.45, 7) is 4.50. The van der Waals surface area contributed by atoms with Crippen LogP contribution in [-0.2, 0) is 14.3 Å². The lowest BCUT2D eigenvalue weighted by Crippen LogP contribution is -2.33. The second-order valence-electron chi connectivity index (χ2n) is 4.23. The molecule has 0 radical (unpaired) electrons. The monoisotopic (exact) mass is 270 g/mol. The summed E-state index contributed by atoms with van der Waals surface area (Å²) in [5.74, 6) is -1.01. The van der Waals surface area contributed by atoms with Gasteiger partial charge < -0.3 is 10.5 Å². The summed E-state index contributed by atoms with van der Waals surface area (Å²) in [7, 11) is 0. The first-order chi connectivity index (χ1) is 8.99. The molecule has 0 aliphatic carbocycles. The Morgan fingerprint density at radius 1 is 1.26 bits per heavy atom. The van der Waals surface area contributed by atoms with Gasteiger partial charge in [-0.15, -0.1) is 0 Å². The molecule has 1 atom stereocenters. The number of imide groups is 1. The molecule has 3 amide bonds. The number of hydrogen-bond donors (Lipinski definition) is 2. The van der Waals surface area contributed by atoms with E-state index in [1.165, 1.54) is 0 Å². The van der Waals surface area contributed by atoms with Crippen molar-refractivity contribution in [2.75, 3.05) is 6.61 Å². The summed E-state index contributed by atoms with van der Waals surface area (Å²) >= 11 is 0. The third kappa shape index (κ3) is 9.82. The molecule has 108 valence electrons. The van der Waals surface area contributed by atoms with Crippen molar-refractivity contribution >= 4 is 17.9 Å². The van der Waals surface area contributed by atoms with Crippen molar-refractivity contribution in [3.63, 3.8) is 0 Å². The molecule has 3 N–H and O–H groups in total. The van der Waals surface area contributed by atoms with Crippen LogP contribution in [0.1, 0.15) is 39.5 Å². The number of carbonyl (C=O) groups excluding carboxylic acids is 3. The molecule has 19 heavy (non-hydrogen) atoms. The average Bonchev–Trinajstić information content (AvgIpc) is 2.35. The number of unbranched alkanes of at least 4 members (excludes halogenated alkanes) is 1. The van der Waals surface area contributed by atoms with Gasteiger partial charge in [0.1, 0.15) is 0 Å². The molecule has 0 saturated heterocycles. The zero-order chi connectivity index (χ0) is 14.7. The van der Waals surface area contributed by atoms with Crippen LogP contribution in [0.2, 0.25) is 0 Å². The van der Waals surface area contributed by atoms with E-state index < -0.39 is 17.9 Å². The number of carbonyl (C=O) groups is 3. The molecular weight excluding hydrogens is 248 g/mol. The minimum atomic E-state index is -0.964. The quantitative estimate of drug-likeness (QED) is 0.515. The molecule has 6 heteroatoms. The number of ether oxygens (including phenoxy) is 1. The molecule has 0 rings (SSSR count). The minimum absolute atomic E-state index is 0.344. The van der Waals surface area contributed by atoms with Crippen molar-refractivity contribution in [3.8, 4) is 0 Å². The lowest BCUT2D eigenvalue weighted by atomic mass is 10.0. The van der Waals surface area contributed by atoms with Crippen molar-refractivity contribution in [1.82, 2.24) is 5.32 Å². The first-order valence-electron chi connectivity index (χ1n) is 6.44. The number of primary amides is 1. The van der Waals surface area contributed by atoms with Gasteiger partial charge in [0.25, 0.3) is 5.91 Å². The van der Waals surface area contributed by atoms with Gasteiger partial charge in [0.05, 0.1) is 6.61 Å². The zero-order valence-corrected chi connectivity index (χ0v) is 11.5.